The summed E-state index contributed by atoms with van der Waals surface area (Å²) in [4.78, 5) is 4.03. The lowest BCUT2D eigenvalue weighted by atomic mass is 10.2. The van der Waals surface area contributed by atoms with Crippen LogP contribution < -0.4 is 27.2 Å². The molecule has 0 fully saturated rings. The second-order valence-electron chi connectivity index (χ2n) is 5.94. The van der Waals surface area contributed by atoms with E-state index < -0.39 is 0 Å². The van der Waals surface area contributed by atoms with E-state index in [0.29, 0.717) is 23.1 Å². The molecule has 27 heavy (non-hydrogen) atoms. The topological polar surface area (TPSA) is 48.0 Å². The number of methoxy groups -OCH3 is 1. The van der Waals surface area contributed by atoms with E-state index in [4.69, 9.17) is 21.1 Å². The van der Waals surface area contributed by atoms with E-state index in [1.165, 1.54) is 5.56 Å². The minimum atomic E-state index is 0. The van der Waals surface area contributed by atoms with Crippen LogP contribution >= 0.6 is 11.6 Å². The number of aromatic nitrogens is 1. The van der Waals surface area contributed by atoms with Gasteiger partial charge >= 0.3 is 0 Å². The van der Waals surface area contributed by atoms with Crippen molar-refractivity contribution < 1.29 is 27.2 Å². The number of pyridine rings is 1. The lowest BCUT2D eigenvalue weighted by molar-refractivity contribution is -0.686. The van der Waals surface area contributed by atoms with E-state index in [1.807, 2.05) is 67.0 Å². The van der Waals surface area contributed by atoms with Gasteiger partial charge in [0.15, 0.2) is 11.5 Å². The summed E-state index contributed by atoms with van der Waals surface area (Å²) in [5, 5.41) is 2.78. The zero-order chi connectivity index (χ0) is 18.2. The molecule has 1 aromatic heterocycles. The fraction of sp³-hybridized carbons (Fsp3) is 0.190. The second-order valence-corrected chi connectivity index (χ2v) is 6.34. The molecule has 142 valence electrons. The van der Waals surface area contributed by atoms with Gasteiger partial charge in [0.25, 0.3) is 0 Å². The number of quaternary nitrogens is 1. The fourth-order valence-corrected chi connectivity index (χ4v) is 2.97. The molecule has 0 radical (unpaired) electrons. The second kappa shape index (κ2) is 10.8. The average Bonchev–Trinajstić information content (AvgIpc) is 2.68. The number of hydrogen-bond donors (Lipinski definition) is 1. The van der Waals surface area contributed by atoms with Crippen molar-refractivity contribution in [3.05, 3.63) is 88.7 Å². The highest BCUT2D eigenvalue weighted by Gasteiger charge is 2.13. The van der Waals surface area contributed by atoms with Crippen LogP contribution in [0.25, 0.3) is 0 Å². The average molecular weight is 405 g/mol. The van der Waals surface area contributed by atoms with Gasteiger partial charge in [-0.1, -0.05) is 41.9 Å². The van der Waals surface area contributed by atoms with Crippen molar-refractivity contribution in [2.75, 3.05) is 7.11 Å². The lowest BCUT2D eigenvalue weighted by Gasteiger charge is -2.14. The first-order valence-corrected chi connectivity index (χ1v) is 8.88. The molecule has 3 aromatic rings. The Morgan fingerprint density at radius 3 is 2.33 bits per heavy atom. The van der Waals surface area contributed by atoms with Gasteiger partial charge in [0, 0.05) is 23.5 Å². The molecule has 0 atom stereocenters. The first-order valence-electron chi connectivity index (χ1n) is 8.50. The Morgan fingerprint density at radius 1 is 0.926 bits per heavy atom. The van der Waals surface area contributed by atoms with Gasteiger partial charge in [-0.25, -0.2) is 0 Å². The van der Waals surface area contributed by atoms with Gasteiger partial charge in [-0.05, 0) is 29.8 Å². The summed E-state index contributed by atoms with van der Waals surface area (Å²) in [6.07, 6.45) is 3.61. The molecular weight excluding hydrogens is 383 g/mol. The van der Waals surface area contributed by atoms with Gasteiger partial charge in [0.1, 0.15) is 19.7 Å². The SMILES string of the molecule is COc1cc(C[NH2+]Cc2ccncc2)cc(Cl)c1OCc1ccccc1.[Cl-]. The largest absolute Gasteiger partial charge is 1.00 e. The number of nitrogens with two attached hydrogens (primary N) is 1. The first-order chi connectivity index (χ1) is 12.8. The van der Waals surface area contributed by atoms with E-state index in [-0.39, 0.29) is 12.4 Å². The van der Waals surface area contributed by atoms with Crippen LogP contribution in [-0.2, 0) is 19.7 Å². The molecule has 0 bridgehead atoms. The minimum Gasteiger partial charge on any atom is -1.00 e. The molecule has 3 rings (SSSR count). The number of nitrogens with zero attached hydrogens (tertiary/aromatic N) is 1. The molecule has 2 aromatic carbocycles. The van der Waals surface area contributed by atoms with E-state index in [0.717, 1.165) is 24.2 Å². The number of benzene rings is 2. The molecule has 0 unspecified atom stereocenters. The van der Waals surface area contributed by atoms with Gasteiger partial charge in [-0.15, -0.1) is 0 Å². The lowest BCUT2D eigenvalue weighted by Crippen LogP contribution is -3.00. The third-order valence-electron chi connectivity index (χ3n) is 4.02. The molecule has 0 aliphatic carbocycles. The van der Waals surface area contributed by atoms with Crippen molar-refractivity contribution in [3.63, 3.8) is 0 Å². The molecular formula is C21H22Cl2N2O2. The normalized spacial score (nSPS) is 10.1. The van der Waals surface area contributed by atoms with Crippen molar-refractivity contribution in [1.29, 1.82) is 0 Å². The number of ether oxygens (including phenoxy) is 2. The zero-order valence-corrected chi connectivity index (χ0v) is 16.6. The molecule has 2 N–H and O–H groups in total. The molecule has 0 spiro atoms. The van der Waals surface area contributed by atoms with Gasteiger partial charge in [-0.2, -0.15) is 0 Å². The van der Waals surface area contributed by atoms with Crippen molar-refractivity contribution >= 4 is 11.6 Å². The van der Waals surface area contributed by atoms with Crippen LogP contribution in [-0.4, -0.2) is 12.1 Å². The predicted octanol–water partition coefficient (Wildman–Crippen LogP) is 0.590. The van der Waals surface area contributed by atoms with E-state index in [9.17, 15) is 0 Å². The van der Waals surface area contributed by atoms with Gasteiger partial charge < -0.3 is 27.2 Å². The molecule has 0 aliphatic rings. The number of halogens is 2. The minimum absolute atomic E-state index is 0. The van der Waals surface area contributed by atoms with Crippen molar-refractivity contribution in [3.8, 4) is 11.5 Å². The Hall–Kier alpha value is -2.27. The molecule has 4 nitrogen and oxygen atoms in total. The predicted molar refractivity (Wildman–Crippen MR) is 102 cm³/mol. The first kappa shape index (κ1) is 21.0. The standard InChI is InChI=1S/C21H21ClN2O2.ClH/c1-25-20-12-18(14-24-13-16-7-9-23-10-8-16)11-19(22)21(20)26-15-17-5-3-2-4-6-17;/h2-12,24H,13-15H2,1H3;1H. The highest BCUT2D eigenvalue weighted by atomic mass is 35.5. The van der Waals surface area contributed by atoms with Crippen LogP contribution in [0, 0.1) is 0 Å². The van der Waals surface area contributed by atoms with Crippen LogP contribution in [0.4, 0.5) is 0 Å². The fourth-order valence-electron chi connectivity index (χ4n) is 2.69. The summed E-state index contributed by atoms with van der Waals surface area (Å²) in [5.74, 6) is 1.23. The summed E-state index contributed by atoms with van der Waals surface area (Å²) in [5.41, 5.74) is 3.41. The maximum atomic E-state index is 6.45. The van der Waals surface area contributed by atoms with Crippen LogP contribution in [0.3, 0.4) is 0 Å². The monoisotopic (exact) mass is 404 g/mol. The highest BCUT2D eigenvalue weighted by Crippen LogP contribution is 2.36. The smallest absolute Gasteiger partial charge is 0.180 e. The van der Waals surface area contributed by atoms with Crippen LogP contribution in [0.1, 0.15) is 16.7 Å². The number of rotatable bonds is 8. The summed E-state index contributed by atoms with van der Waals surface area (Å²) in [6, 6.07) is 17.9. The van der Waals surface area contributed by atoms with Crippen molar-refractivity contribution in [2.45, 2.75) is 19.7 Å². The molecule has 1 heterocycles. The Kier molecular flexibility index (Phi) is 8.40. The van der Waals surface area contributed by atoms with Crippen molar-refractivity contribution in [2.24, 2.45) is 0 Å². The van der Waals surface area contributed by atoms with Crippen molar-refractivity contribution in [1.82, 2.24) is 4.98 Å². The summed E-state index contributed by atoms with van der Waals surface area (Å²) in [6.45, 7) is 2.14. The highest BCUT2D eigenvalue weighted by molar-refractivity contribution is 6.32. The molecule has 0 saturated heterocycles. The summed E-state index contributed by atoms with van der Waals surface area (Å²) < 4.78 is 11.4. The van der Waals surface area contributed by atoms with E-state index >= 15 is 0 Å². The maximum absolute atomic E-state index is 6.45. The summed E-state index contributed by atoms with van der Waals surface area (Å²) in [7, 11) is 1.63. The zero-order valence-electron chi connectivity index (χ0n) is 15.1. The third-order valence-corrected chi connectivity index (χ3v) is 4.31. The molecule has 0 saturated carbocycles. The molecule has 0 amide bonds. The van der Waals surface area contributed by atoms with Crippen LogP contribution in [0.2, 0.25) is 5.02 Å². The molecule has 6 heteroatoms. The quantitative estimate of drug-likeness (QED) is 0.597. The Balaban J connectivity index is 0.00000261. The Morgan fingerprint density at radius 2 is 1.63 bits per heavy atom. The van der Waals surface area contributed by atoms with Crippen LogP contribution in [0.15, 0.2) is 67.0 Å². The van der Waals surface area contributed by atoms with Gasteiger partial charge in [-0.3, -0.25) is 4.98 Å². The van der Waals surface area contributed by atoms with E-state index in [1.54, 1.807) is 7.11 Å². The van der Waals surface area contributed by atoms with Crippen LogP contribution in [0.5, 0.6) is 11.5 Å². The Bertz CT molecular complexity index is 830. The Labute approximate surface area is 170 Å². The maximum Gasteiger partial charge on any atom is 0.180 e. The van der Waals surface area contributed by atoms with Gasteiger partial charge in [0.2, 0.25) is 0 Å². The summed E-state index contributed by atoms with van der Waals surface area (Å²) >= 11 is 6.45. The van der Waals surface area contributed by atoms with E-state index in [2.05, 4.69) is 10.3 Å². The van der Waals surface area contributed by atoms with Gasteiger partial charge in [0.05, 0.1) is 12.1 Å². The molecule has 0 aliphatic heterocycles. The number of hydrogen-bond acceptors (Lipinski definition) is 3. The third kappa shape index (κ3) is 6.14.